The van der Waals surface area contributed by atoms with E-state index in [9.17, 15) is 17.7 Å². The van der Waals surface area contributed by atoms with E-state index in [0.717, 1.165) is 6.07 Å². The minimum atomic E-state index is -5.15. The third-order valence-electron chi connectivity index (χ3n) is 2.37. The predicted molar refractivity (Wildman–Crippen MR) is 77.8 cm³/mol. The first-order chi connectivity index (χ1) is 8.42. The van der Waals surface area contributed by atoms with Crippen LogP contribution in [0.15, 0.2) is 12.1 Å². The van der Waals surface area contributed by atoms with E-state index < -0.39 is 24.0 Å². The third-order valence-corrected chi connectivity index (χ3v) is 3.49. The summed E-state index contributed by atoms with van der Waals surface area (Å²) in [5.74, 6) is -0.744. The Balaban J connectivity index is 3.25. The second-order valence-corrected chi connectivity index (χ2v) is 6.41. The molecule has 0 aromatic heterocycles. The molecule has 7 heteroatoms. The summed E-state index contributed by atoms with van der Waals surface area (Å²) < 4.78 is 44.2. The fourth-order valence-electron chi connectivity index (χ4n) is 1.49. The Kier molecular flexibility index (Phi) is 4.59. The lowest BCUT2D eigenvalue weighted by atomic mass is 9.76. The summed E-state index contributed by atoms with van der Waals surface area (Å²) in [5, 5.41) is 0. The zero-order valence-electron chi connectivity index (χ0n) is 11.1. The highest BCUT2D eigenvalue weighted by atomic mass is 127. The maximum Gasteiger partial charge on any atom is 0.509 e. The van der Waals surface area contributed by atoms with Crippen molar-refractivity contribution in [3.05, 3.63) is 26.8 Å². The fourth-order valence-corrected chi connectivity index (χ4v) is 2.14. The van der Waals surface area contributed by atoms with Crippen LogP contribution in [0.4, 0.5) is 12.9 Å². The van der Waals surface area contributed by atoms with Crippen LogP contribution in [-0.2, 0) is 4.74 Å². The van der Waals surface area contributed by atoms with Crippen molar-refractivity contribution in [1.29, 1.82) is 0 Å². The third kappa shape index (κ3) is 4.40. The summed E-state index contributed by atoms with van der Waals surface area (Å²) in [6.45, 7) is 1.24. The molecular formula is C12H14BF3IO2-. The molecule has 0 unspecified atom stereocenters. The summed E-state index contributed by atoms with van der Waals surface area (Å²) in [6.07, 6.45) is 0. The van der Waals surface area contributed by atoms with Gasteiger partial charge in [-0.05, 0) is 56.4 Å². The van der Waals surface area contributed by atoms with Gasteiger partial charge >= 0.3 is 12.9 Å². The van der Waals surface area contributed by atoms with Gasteiger partial charge in [0.1, 0.15) is 5.60 Å². The number of hydrogen-bond acceptors (Lipinski definition) is 2. The molecule has 0 amide bonds. The predicted octanol–water partition coefficient (Wildman–Crippen LogP) is 3.61. The van der Waals surface area contributed by atoms with Crippen molar-refractivity contribution in [3.8, 4) is 0 Å². The number of carbonyl (C=O) groups excluding carboxylic acids is 1. The van der Waals surface area contributed by atoms with E-state index in [1.54, 1.807) is 43.4 Å². The van der Waals surface area contributed by atoms with Gasteiger partial charge in [0.25, 0.3) is 0 Å². The first-order valence-electron chi connectivity index (χ1n) is 5.65. The van der Waals surface area contributed by atoms with Gasteiger partial charge < -0.3 is 17.7 Å². The molecule has 1 aromatic carbocycles. The van der Waals surface area contributed by atoms with Crippen molar-refractivity contribution in [2.24, 2.45) is 0 Å². The Labute approximate surface area is 123 Å². The highest BCUT2D eigenvalue weighted by molar-refractivity contribution is 14.1. The van der Waals surface area contributed by atoms with Crippen LogP contribution < -0.4 is 5.46 Å². The summed E-state index contributed by atoms with van der Waals surface area (Å²) in [7, 11) is 0. The van der Waals surface area contributed by atoms with Crippen LogP contribution in [-0.4, -0.2) is 18.5 Å². The molecule has 0 spiro atoms. The Morgan fingerprint density at radius 3 is 2.21 bits per heavy atom. The van der Waals surface area contributed by atoms with Crippen LogP contribution >= 0.6 is 22.6 Å². The molecule has 0 aliphatic heterocycles. The zero-order chi connectivity index (χ0) is 15.0. The van der Waals surface area contributed by atoms with Gasteiger partial charge in [-0.2, -0.15) is 0 Å². The normalized spacial score (nSPS) is 12.4. The topological polar surface area (TPSA) is 26.3 Å². The van der Waals surface area contributed by atoms with Gasteiger partial charge in [0, 0.05) is 3.57 Å². The van der Waals surface area contributed by atoms with Crippen molar-refractivity contribution in [2.45, 2.75) is 33.3 Å². The molecule has 2 nitrogen and oxygen atoms in total. The summed E-state index contributed by atoms with van der Waals surface area (Å²) >= 11 is 1.79. The molecule has 0 bridgehead atoms. The lowest BCUT2D eigenvalue weighted by Gasteiger charge is -2.22. The van der Waals surface area contributed by atoms with Crippen molar-refractivity contribution >= 4 is 41.0 Å². The Bertz CT molecular complexity index is 507. The molecule has 0 heterocycles. The number of benzene rings is 1. The molecule has 0 aliphatic rings. The molecule has 0 aliphatic carbocycles. The summed E-state index contributed by atoms with van der Waals surface area (Å²) in [5.41, 5.74) is -1.41. The molecule has 0 saturated carbocycles. The highest BCUT2D eigenvalue weighted by Gasteiger charge is 2.30. The lowest BCUT2D eigenvalue weighted by Crippen LogP contribution is -2.37. The largest absolute Gasteiger partial charge is 0.509 e. The van der Waals surface area contributed by atoms with Gasteiger partial charge in [-0.1, -0.05) is 11.6 Å². The number of rotatable bonds is 2. The van der Waals surface area contributed by atoms with E-state index in [0.29, 0.717) is 3.57 Å². The minimum Gasteiger partial charge on any atom is -0.456 e. The fraction of sp³-hybridized carbons (Fsp3) is 0.417. The molecule has 0 saturated heterocycles. The molecule has 0 fully saturated rings. The van der Waals surface area contributed by atoms with Gasteiger partial charge in [-0.3, -0.25) is 0 Å². The number of carbonyl (C=O) groups is 1. The standard InChI is InChI=1S/C12H14BF3IO2/c1-7-9(13(14,15)16)5-8(6-10(7)17)11(18)19-12(2,3)4/h5-6H,1-4H3/q-1. The van der Waals surface area contributed by atoms with E-state index in [1.165, 1.54) is 13.0 Å². The van der Waals surface area contributed by atoms with Gasteiger partial charge in [0.2, 0.25) is 0 Å². The van der Waals surface area contributed by atoms with Gasteiger partial charge in [0.15, 0.2) is 0 Å². The van der Waals surface area contributed by atoms with Crippen LogP contribution in [0.2, 0.25) is 0 Å². The number of esters is 1. The molecule has 1 aromatic rings. The van der Waals surface area contributed by atoms with E-state index in [4.69, 9.17) is 4.74 Å². The van der Waals surface area contributed by atoms with Crippen molar-refractivity contribution in [1.82, 2.24) is 0 Å². The molecule has 19 heavy (non-hydrogen) atoms. The van der Waals surface area contributed by atoms with E-state index in [2.05, 4.69) is 0 Å². The number of halogens is 4. The Hall–Kier alpha value is -0.725. The van der Waals surface area contributed by atoms with Crippen LogP contribution in [0.5, 0.6) is 0 Å². The maximum atomic E-state index is 12.9. The Morgan fingerprint density at radius 2 is 1.79 bits per heavy atom. The maximum absolute atomic E-state index is 12.9. The second kappa shape index (κ2) is 5.34. The van der Waals surface area contributed by atoms with Crippen molar-refractivity contribution in [2.75, 3.05) is 0 Å². The average molecular weight is 385 g/mol. The van der Waals surface area contributed by atoms with Gasteiger partial charge in [0.05, 0.1) is 5.56 Å². The molecule has 0 atom stereocenters. The molecular weight excluding hydrogens is 371 g/mol. The summed E-state index contributed by atoms with van der Waals surface area (Å²) in [4.78, 5) is 11.8. The highest BCUT2D eigenvalue weighted by Crippen LogP contribution is 2.20. The Morgan fingerprint density at radius 1 is 1.26 bits per heavy atom. The van der Waals surface area contributed by atoms with Crippen LogP contribution in [0.1, 0.15) is 36.7 Å². The summed E-state index contributed by atoms with van der Waals surface area (Å²) in [6, 6.07) is 2.28. The van der Waals surface area contributed by atoms with E-state index in [1.807, 2.05) is 0 Å². The first-order valence-corrected chi connectivity index (χ1v) is 6.73. The first kappa shape index (κ1) is 16.3. The SMILES string of the molecule is Cc1c(I)cc(C(=O)OC(C)(C)C)cc1[B-](F)(F)F. The van der Waals surface area contributed by atoms with E-state index >= 15 is 0 Å². The van der Waals surface area contributed by atoms with Crippen LogP contribution in [0.3, 0.4) is 0 Å². The quantitative estimate of drug-likeness (QED) is 0.442. The average Bonchev–Trinajstić information content (AvgIpc) is 2.17. The van der Waals surface area contributed by atoms with Crippen LogP contribution in [0.25, 0.3) is 0 Å². The monoisotopic (exact) mass is 385 g/mol. The van der Waals surface area contributed by atoms with Crippen molar-refractivity contribution in [3.63, 3.8) is 0 Å². The number of hydrogen-bond donors (Lipinski definition) is 0. The number of ether oxygens (including phenoxy) is 1. The second-order valence-electron chi connectivity index (χ2n) is 5.25. The minimum absolute atomic E-state index is 0.0703. The molecule has 0 radical (unpaired) electrons. The van der Waals surface area contributed by atoms with Gasteiger partial charge in [-0.15, -0.1) is 5.46 Å². The zero-order valence-corrected chi connectivity index (χ0v) is 13.2. The smallest absolute Gasteiger partial charge is 0.456 e. The molecule has 106 valence electrons. The van der Waals surface area contributed by atoms with Crippen molar-refractivity contribution < 1.29 is 22.5 Å². The van der Waals surface area contributed by atoms with Gasteiger partial charge in [-0.25, -0.2) is 4.79 Å². The lowest BCUT2D eigenvalue weighted by molar-refractivity contribution is 0.00696. The molecule has 0 N–H and O–H groups in total. The van der Waals surface area contributed by atoms with E-state index in [-0.39, 0.29) is 11.1 Å². The molecule has 1 rings (SSSR count). The van der Waals surface area contributed by atoms with Crippen LogP contribution in [0, 0.1) is 10.5 Å².